The molecule has 3 aromatic rings. The number of hydrogen-bond donors (Lipinski definition) is 1. The van der Waals surface area contributed by atoms with Gasteiger partial charge in [0, 0.05) is 17.5 Å². The number of nitrogens with one attached hydrogen (secondary N) is 1. The van der Waals surface area contributed by atoms with Crippen LogP contribution in [0.15, 0.2) is 62.6 Å². The quantitative estimate of drug-likeness (QED) is 0.746. The summed E-state index contributed by atoms with van der Waals surface area (Å²) in [5.74, 6) is -1.80. The Morgan fingerprint density at radius 2 is 1.61 bits per heavy atom. The maximum Gasteiger partial charge on any atom is 0.336 e. The van der Waals surface area contributed by atoms with Gasteiger partial charge in [-0.2, -0.15) is 0 Å². The first-order chi connectivity index (χ1) is 10.8. The van der Waals surface area contributed by atoms with Gasteiger partial charge in [0.2, 0.25) is 0 Å². The second-order valence-electron chi connectivity index (χ2n) is 4.72. The van der Waals surface area contributed by atoms with Gasteiger partial charge in [-0.15, -0.1) is 0 Å². The zero-order valence-corrected chi connectivity index (χ0v) is 12.2. The number of fused-ring (bicyclic) bond motifs is 1. The Balaban J connectivity index is 2.02. The highest BCUT2D eigenvalue weighted by Gasteiger charge is 2.16. The highest BCUT2D eigenvalue weighted by atomic mass is 32.2. The molecular formula is C15H9F2NO4S. The maximum absolute atomic E-state index is 13.1. The van der Waals surface area contributed by atoms with Gasteiger partial charge in [0.25, 0.3) is 10.0 Å². The van der Waals surface area contributed by atoms with Crippen LogP contribution in [-0.4, -0.2) is 8.42 Å². The third kappa shape index (κ3) is 3.21. The average molecular weight is 337 g/mol. The molecule has 1 aromatic heterocycles. The summed E-state index contributed by atoms with van der Waals surface area (Å²) >= 11 is 0. The first-order valence-electron chi connectivity index (χ1n) is 6.36. The third-order valence-corrected chi connectivity index (χ3v) is 4.39. The molecule has 0 radical (unpaired) electrons. The zero-order chi connectivity index (χ0) is 16.6. The fourth-order valence-electron chi connectivity index (χ4n) is 2.04. The smallest absolute Gasteiger partial charge is 0.336 e. The molecule has 0 saturated heterocycles. The molecule has 118 valence electrons. The van der Waals surface area contributed by atoms with E-state index in [1.807, 2.05) is 0 Å². The second kappa shape index (κ2) is 5.47. The van der Waals surface area contributed by atoms with Crippen LogP contribution in [-0.2, 0) is 10.0 Å². The first-order valence-corrected chi connectivity index (χ1v) is 7.85. The molecular weight excluding hydrogens is 328 g/mol. The number of anilines is 1. The zero-order valence-electron chi connectivity index (χ0n) is 11.4. The van der Waals surface area contributed by atoms with Crippen LogP contribution in [0.3, 0.4) is 0 Å². The van der Waals surface area contributed by atoms with E-state index in [4.69, 9.17) is 4.42 Å². The Morgan fingerprint density at radius 3 is 2.30 bits per heavy atom. The highest BCUT2D eigenvalue weighted by Crippen LogP contribution is 2.21. The minimum atomic E-state index is -4.05. The summed E-state index contributed by atoms with van der Waals surface area (Å²) in [5, 5.41) is 0.401. The van der Waals surface area contributed by atoms with E-state index in [9.17, 15) is 22.0 Å². The molecule has 0 aliphatic rings. The van der Waals surface area contributed by atoms with Crippen molar-refractivity contribution in [3.8, 4) is 0 Å². The summed E-state index contributed by atoms with van der Waals surface area (Å²) < 4.78 is 57.8. The van der Waals surface area contributed by atoms with Crippen LogP contribution < -0.4 is 10.3 Å². The van der Waals surface area contributed by atoms with E-state index in [2.05, 4.69) is 4.72 Å². The van der Waals surface area contributed by atoms with E-state index in [0.717, 1.165) is 18.2 Å². The van der Waals surface area contributed by atoms with Crippen molar-refractivity contribution in [3.63, 3.8) is 0 Å². The molecule has 23 heavy (non-hydrogen) atoms. The fraction of sp³-hybridized carbons (Fsp3) is 0. The van der Waals surface area contributed by atoms with Gasteiger partial charge in [-0.05, 0) is 36.4 Å². The summed E-state index contributed by atoms with van der Waals surface area (Å²) in [4.78, 5) is 11.0. The summed E-state index contributed by atoms with van der Waals surface area (Å²) in [5.41, 5.74) is -0.558. The highest BCUT2D eigenvalue weighted by molar-refractivity contribution is 7.92. The molecule has 1 heterocycles. The van der Waals surface area contributed by atoms with E-state index in [1.165, 1.54) is 24.3 Å². The normalized spacial score (nSPS) is 11.6. The van der Waals surface area contributed by atoms with Crippen LogP contribution in [0.5, 0.6) is 0 Å². The van der Waals surface area contributed by atoms with Gasteiger partial charge in [0.15, 0.2) is 0 Å². The van der Waals surface area contributed by atoms with Crippen molar-refractivity contribution in [2.75, 3.05) is 4.72 Å². The lowest BCUT2D eigenvalue weighted by molar-refractivity contribution is 0.560. The Kier molecular flexibility index (Phi) is 3.61. The molecule has 8 heteroatoms. The Hall–Kier alpha value is -2.74. The molecule has 0 aliphatic carbocycles. The molecule has 0 spiro atoms. The standard InChI is InChI=1S/C15H9F2NO4S/c16-10-6-11(17)8-12(7-10)18-23(20,21)13-2-3-14-9(5-13)1-4-15(19)22-14/h1-8,18H. The number of rotatable bonds is 3. The van der Waals surface area contributed by atoms with Gasteiger partial charge in [0.05, 0.1) is 10.6 Å². The Morgan fingerprint density at radius 1 is 0.913 bits per heavy atom. The number of hydrogen-bond acceptors (Lipinski definition) is 4. The molecule has 0 saturated carbocycles. The molecule has 0 atom stereocenters. The molecule has 0 amide bonds. The minimum absolute atomic E-state index is 0.136. The van der Waals surface area contributed by atoms with Crippen LogP contribution in [0.4, 0.5) is 14.5 Å². The lowest BCUT2D eigenvalue weighted by Crippen LogP contribution is -2.13. The van der Waals surface area contributed by atoms with Gasteiger partial charge >= 0.3 is 5.63 Å². The van der Waals surface area contributed by atoms with Crippen LogP contribution in [0.2, 0.25) is 0 Å². The van der Waals surface area contributed by atoms with Crippen molar-refractivity contribution in [2.24, 2.45) is 0 Å². The summed E-state index contributed by atoms with van der Waals surface area (Å²) in [6, 6.07) is 8.78. The van der Waals surface area contributed by atoms with Crippen LogP contribution in [0.25, 0.3) is 11.0 Å². The minimum Gasteiger partial charge on any atom is -0.423 e. The van der Waals surface area contributed by atoms with Crippen molar-refractivity contribution in [3.05, 3.63) is 70.6 Å². The van der Waals surface area contributed by atoms with Gasteiger partial charge in [-0.1, -0.05) is 0 Å². The molecule has 0 fully saturated rings. The molecule has 0 aliphatic heterocycles. The number of benzene rings is 2. The molecule has 1 N–H and O–H groups in total. The Labute approximate surface area is 129 Å². The lowest BCUT2D eigenvalue weighted by atomic mass is 10.2. The third-order valence-electron chi connectivity index (χ3n) is 3.02. The van der Waals surface area contributed by atoms with Crippen molar-refractivity contribution in [1.82, 2.24) is 0 Å². The van der Waals surface area contributed by atoms with Crippen molar-refractivity contribution < 1.29 is 21.6 Å². The SMILES string of the molecule is O=c1ccc2cc(S(=O)(=O)Nc3cc(F)cc(F)c3)ccc2o1. The average Bonchev–Trinajstić information content (AvgIpc) is 2.44. The van der Waals surface area contributed by atoms with Crippen LogP contribution >= 0.6 is 0 Å². The predicted molar refractivity (Wildman–Crippen MR) is 79.7 cm³/mol. The van der Waals surface area contributed by atoms with Crippen LogP contribution in [0.1, 0.15) is 0 Å². The summed E-state index contributed by atoms with van der Waals surface area (Å²) in [7, 11) is -4.05. The topological polar surface area (TPSA) is 76.4 Å². The van der Waals surface area contributed by atoms with Crippen LogP contribution in [0, 0.1) is 11.6 Å². The predicted octanol–water partition coefficient (Wildman–Crippen LogP) is 2.87. The number of sulfonamides is 1. The fourth-order valence-corrected chi connectivity index (χ4v) is 3.12. The Bertz CT molecular complexity index is 1040. The molecule has 2 aromatic carbocycles. The second-order valence-corrected chi connectivity index (χ2v) is 6.40. The van der Waals surface area contributed by atoms with Gasteiger partial charge in [0.1, 0.15) is 17.2 Å². The number of halogens is 2. The molecule has 3 rings (SSSR count). The van der Waals surface area contributed by atoms with E-state index >= 15 is 0 Å². The molecule has 0 bridgehead atoms. The van der Waals surface area contributed by atoms with E-state index in [1.54, 1.807) is 0 Å². The molecule has 5 nitrogen and oxygen atoms in total. The van der Waals surface area contributed by atoms with Crippen molar-refractivity contribution >= 4 is 26.7 Å². The van der Waals surface area contributed by atoms with E-state index in [-0.39, 0.29) is 16.2 Å². The lowest BCUT2D eigenvalue weighted by Gasteiger charge is -2.09. The summed E-state index contributed by atoms with van der Waals surface area (Å²) in [6.07, 6.45) is 0. The largest absolute Gasteiger partial charge is 0.423 e. The van der Waals surface area contributed by atoms with Gasteiger partial charge in [-0.25, -0.2) is 22.0 Å². The summed E-state index contributed by atoms with van der Waals surface area (Å²) in [6.45, 7) is 0. The van der Waals surface area contributed by atoms with Gasteiger partial charge < -0.3 is 4.42 Å². The monoisotopic (exact) mass is 337 g/mol. The van der Waals surface area contributed by atoms with Gasteiger partial charge in [-0.3, -0.25) is 4.72 Å². The molecule has 0 unspecified atom stereocenters. The maximum atomic E-state index is 13.1. The first kappa shape index (κ1) is 15.2. The van der Waals surface area contributed by atoms with E-state index in [0.29, 0.717) is 11.5 Å². The van der Waals surface area contributed by atoms with Crippen molar-refractivity contribution in [2.45, 2.75) is 4.90 Å². The van der Waals surface area contributed by atoms with E-state index < -0.39 is 27.3 Å². The van der Waals surface area contributed by atoms with Crippen molar-refractivity contribution in [1.29, 1.82) is 0 Å².